The van der Waals surface area contributed by atoms with Gasteiger partial charge in [-0.15, -0.1) is 5.10 Å². The van der Waals surface area contributed by atoms with E-state index in [1.54, 1.807) is 10.7 Å². The number of rotatable bonds is 6. The Balaban J connectivity index is 1.84. The van der Waals surface area contributed by atoms with Crippen molar-refractivity contribution in [2.45, 2.75) is 12.8 Å². The molecule has 0 unspecified atom stereocenters. The van der Waals surface area contributed by atoms with Crippen molar-refractivity contribution in [3.05, 3.63) is 23.4 Å². The molecule has 2 aromatic rings. The third-order valence-corrected chi connectivity index (χ3v) is 2.83. The fourth-order valence-corrected chi connectivity index (χ4v) is 1.84. The second-order valence-electron chi connectivity index (χ2n) is 4.52. The van der Waals surface area contributed by atoms with Crippen LogP contribution in [0.3, 0.4) is 0 Å². The van der Waals surface area contributed by atoms with Crippen molar-refractivity contribution < 1.29 is 0 Å². The summed E-state index contributed by atoms with van der Waals surface area (Å²) in [6.45, 7) is 1.99. The van der Waals surface area contributed by atoms with Gasteiger partial charge >= 0.3 is 0 Å². The molecule has 0 saturated carbocycles. The fraction of sp³-hybridized carbons (Fsp3) is 0.500. The van der Waals surface area contributed by atoms with Crippen LogP contribution in [0.5, 0.6) is 0 Å². The van der Waals surface area contributed by atoms with Gasteiger partial charge in [0.25, 0.3) is 0 Å². The predicted molar refractivity (Wildman–Crippen MR) is 74.3 cm³/mol. The largest absolute Gasteiger partial charge is 0.353 e. The molecule has 0 spiro atoms. The molecule has 0 saturated heterocycles. The average Bonchev–Trinajstić information content (AvgIpc) is 2.70. The van der Waals surface area contributed by atoms with E-state index in [4.69, 9.17) is 11.6 Å². The molecule has 2 rings (SSSR count). The average molecular weight is 268 g/mol. The number of nitrogens with zero attached hydrogens (tertiary/aromatic N) is 4. The van der Waals surface area contributed by atoms with Crippen molar-refractivity contribution in [2.24, 2.45) is 0 Å². The zero-order valence-electron chi connectivity index (χ0n) is 10.7. The van der Waals surface area contributed by atoms with Crippen LogP contribution in [0.2, 0.25) is 5.02 Å². The first-order valence-corrected chi connectivity index (χ1v) is 6.43. The van der Waals surface area contributed by atoms with E-state index in [1.807, 2.05) is 12.1 Å². The van der Waals surface area contributed by atoms with Crippen molar-refractivity contribution in [3.63, 3.8) is 0 Å². The summed E-state index contributed by atoms with van der Waals surface area (Å²) in [4.78, 5) is 6.54. The number of anilines is 1. The standard InChI is InChI=1S/C12H18ClN5/c1-17(2)8-4-3-7-14-12-15-11-6-5-10(13)9-18(11)16-12/h5-6,9H,3-4,7-8H2,1-2H3,(H,14,16). The Bertz CT molecular complexity index is 508. The van der Waals surface area contributed by atoms with Crippen molar-refractivity contribution in [3.8, 4) is 0 Å². The Labute approximate surface area is 112 Å². The molecule has 0 aliphatic heterocycles. The summed E-state index contributed by atoms with van der Waals surface area (Å²) in [6.07, 6.45) is 4.02. The molecule has 0 aliphatic carbocycles. The summed E-state index contributed by atoms with van der Waals surface area (Å²) in [7, 11) is 4.17. The van der Waals surface area contributed by atoms with E-state index >= 15 is 0 Å². The van der Waals surface area contributed by atoms with Gasteiger partial charge < -0.3 is 10.2 Å². The van der Waals surface area contributed by atoms with Gasteiger partial charge in [-0.1, -0.05) is 11.6 Å². The molecule has 0 bridgehead atoms. The number of hydrogen-bond acceptors (Lipinski definition) is 4. The second-order valence-corrected chi connectivity index (χ2v) is 4.96. The highest BCUT2D eigenvalue weighted by atomic mass is 35.5. The lowest BCUT2D eigenvalue weighted by molar-refractivity contribution is 0.396. The summed E-state index contributed by atoms with van der Waals surface area (Å²) in [5.74, 6) is 0.655. The maximum absolute atomic E-state index is 5.89. The molecule has 0 fully saturated rings. The van der Waals surface area contributed by atoms with Gasteiger partial charge in [0.05, 0.1) is 5.02 Å². The molecule has 0 aromatic carbocycles. The van der Waals surface area contributed by atoms with Crippen LogP contribution in [0, 0.1) is 0 Å². The van der Waals surface area contributed by atoms with E-state index in [0.29, 0.717) is 11.0 Å². The van der Waals surface area contributed by atoms with Gasteiger partial charge in [-0.2, -0.15) is 4.98 Å². The number of aromatic nitrogens is 3. The lowest BCUT2D eigenvalue weighted by atomic mass is 10.3. The predicted octanol–water partition coefficient (Wildman–Crippen LogP) is 2.14. The number of fused-ring (bicyclic) bond motifs is 1. The van der Waals surface area contributed by atoms with Crippen LogP contribution in [0.1, 0.15) is 12.8 Å². The Kier molecular flexibility index (Phi) is 4.38. The molecule has 0 atom stereocenters. The van der Waals surface area contributed by atoms with E-state index in [-0.39, 0.29) is 0 Å². The van der Waals surface area contributed by atoms with E-state index in [1.165, 1.54) is 6.42 Å². The molecule has 2 aromatic heterocycles. The molecule has 6 heteroatoms. The van der Waals surface area contributed by atoms with Crippen LogP contribution in [0.4, 0.5) is 5.95 Å². The maximum atomic E-state index is 5.89. The minimum atomic E-state index is 0.655. The van der Waals surface area contributed by atoms with Gasteiger partial charge in [0.15, 0.2) is 5.65 Å². The third-order valence-electron chi connectivity index (χ3n) is 2.61. The quantitative estimate of drug-likeness (QED) is 0.815. The molecule has 0 amide bonds. The summed E-state index contributed by atoms with van der Waals surface area (Å²) in [5, 5.41) is 8.19. The first-order chi connectivity index (χ1) is 8.65. The molecule has 2 heterocycles. The topological polar surface area (TPSA) is 45.5 Å². The van der Waals surface area contributed by atoms with Gasteiger partial charge in [0.1, 0.15) is 0 Å². The molecular weight excluding hydrogens is 250 g/mol. The first-order valence-electron chi connectivity index (χ1n) is 6.06. The third kappa shape index (κ3) is 3.58. The first kappa shape index (κ1) is 13.1. The second kappa shape index (κ2) is 6.02. The van der Waals surface area contributed by atoms with Crippen molar-refractivity contribution in [1.29, 1.82) is 0 Å². The minimum Gasteiger partial charge on any atom is -0.353 e. The number of nitrogens with one attached hydrogen (secondary N) is 1. The van der Waals surface area contributed by atoms with Gasteiger partial charge in [-0.05, 0) is 45.6 Å². The van der Waals surface area contributed by atoms with Gasteiger partial charge in [-0.25, -0.2) is 4.52 Å². The molecular formula is C12H18ClN5. The van der Waals surface area contributed by atoms with Crippen molar-refractivity contribution in [1.82, 2.24) is 19.5 Å². The number of halogens is 1. The van der Waals surface area contributed by atoms with Crippen molar-refractivity contribution >= 4 is 23.2 Å². The number of pyridine rings is 1. The Morgan fingerprint density at radius 1 is 1.33 bits per heavy atom. The maximum Gasteiger partial charge on any atom is 0.243 e. The lowest BCUT2D eigenvalue weighted by Gasteiger charge is -2.08. The Morgan fingerprint density at radius 3 is 2.94 bits per heavy atom. The number of unbranched alkanes of at least 4 members (excludes halogenated alkanes) is 1. The molecule has 5 nitrogen and oxygen atoms in total. The molecule has 98 valence electrons. The monoisotopic (exact) mass is 267 g/mol. The summed E-state index contributed by atoms with van der Waals surface area (Å²) < 4.78 is 1.69. The van der Waals surface area contributed by atoms with Crippen LogP contribution < -0.4 is 5.32 Å². The summed E-state index contributed by atoms with van der Waals surface area (Å²) in [5.41, 5.74) is 0.801. The molecule has 18 heavy (non-hydrogen) atoms. The smallest absolute Gasteiger partial charge is 0.243 e. The van der Waals surface area contributed by atoms with Gasteiger partial charge in [0.2, 0.25) is 5.95 Å². The van der Waals surface area contributed by atoms with E-state index < -0.39 is 0 Å². The van der Waals surface area contributed by atoms with E-state index in [2.05, 4.69) is 34.4 Å². The summed E-state index contributed by atoms with van der Waals surface area (Å²) in [6, 6.07) is 3.67. The lowest BCUT2D eigenvalue weighted by Crippen LogP contribution is -2.14. The van der Waals surface area contributed by atoms with Crippen LogP contribution in [-0.4, -0.2) is 46.7 Å². The van der Waals surface area contributed by atoms with Gasteiger partial charge in [-0.3, -0.25) is 0 Å². The highest BCUT2D eigenvalue weighted by Gasteiger charge is 2.02. The van der Waals surface area contributed by atoms with Crippen LogP contribution in [0.15, 0.2) is 18.3 Å². The zero-order valence-corrected chi connectivity index (χ0v) is 11.5. The highest BCUT2D eigenvalue weighted by molar-refractivity contribution is 6.30. The van der Waals surface area contributed by atoms with Crippen LogP contribution in [-0.2, 0) is 0 Å². The van der Waals surface area contributed by atoms with Crippen LogP contribution in [0.25, 0.3) is 5.65 Å². The SMILES string of the molecule is CN(C)CCCCNc1nc2ccc(Cl)cn2n1. The fourth-order valence-electron chi connectivity index (χ4n) is 1.69. The van der Waals surface area contributed by atoms with E-state index in [0.717, 1.165) is 25.2 Å². The zero-order chi connectivity index (χ0) is 13.0. The highest BCUT2D eigenvalue weighted by Crippen LogP contribution is 2.11. The Morgan fingerprint density at radius 2 is 2.17 bits per heavy atom. The van der Waals surface area contributed by atoms with E-state index in [9.17, 15) is 0 Å². The van der Waals surface area contributed by atoms with Gasteiger partial charge in [0, 0.05) is 12.7 Å². The van der Waals surface area contributed by atoms with Crippen molar-refractivity contribution in [2.75, 3.05) is 32.5 Å². The molecule has 0 aliphatic rings. The molecule has 0 radical (unpaired) electrons. The minimum absolute atomic E-state index is 0.655. The summed E-state index contributed by atoms with van der Waals surface area (Å²) >= 11 is 5.89. The molecule has 1 N–H and O–H groups in total. The number of hydrogen-bond donors (Lipinski definition) is 1. The normalized spacial score (nSPS) is 11.3. The Hall–Kier alpha value is -1.33. The van der Waals surface area contributed by atoms with Crippen LogP contribution >= 0.6 is 11.6 Å².